The van der Waals surface area contributed by atoms with Gasteiger partial charge in [-0.15, -0.1) is 11.3 Å². The van der Waals surface area contributed by atoms with Crippen LogP contribution in [0.25, 0.3) is 0 Å². The molecule has 8 fully saturated rings. The molecule has 9 heterocycles. The highest BCUT2D eigenvalue weighted by Crippen LogP contribution is 2.54. The fraction of sp³-hybridized carbons (Fsp3) is 0.810. The van der Waals surface area contributed by atoms with Crippen molar-refractivity contribution in [3.8, 4) is 0 Å². The van der Waals surface area contributed by atoms with Crippen LogP contribution in [0.4, 0.5) is 5.00 Å². The van der Waals surface area contributed by atoms with E-state index in [2.05, 4.69) is 101 Å². The number of aromatic nitrogens is 4. The number of nitrogens with zero attached hydrogens (tertiary/aromatic N) is 11. The van der Waals surface area contributed by atoms with Gasteiger partial charge in [0.15, 0.2) is 0 Å². The minimum atomic E-state index is 0.172. The van der Waals surface area contributed by atoms with Crippen molar-refractivity contribution in [1.82, 2.24) is 44.7 Å². The zero-order valence-electron chi connectivity index (χ0n) is 48.4. The number of nitrogens with one attached hydrogen (secondary N) is 1. The van der Waals surface area contributed by atoms with E-state index in [-0.39, 0.29) is 5.54 Å². The molecule has 0 atom stereocenters. The van der Waals surface area contributed by atoms with Crippen molar-refractivity contribution >= 4 is 16.3 Å². The predicted molar refractivity (Wildman–Crippen MR) is 306 cm³/mol. The highest BCUT2D eigenvalue weighted by Gasteiger charge is 2.54. The van der Waals surface area contributed by atoms with E-state index in [1.165, 1.54) is 190 Å². The Kier molecular flexibility index (Phi) is 26.5. The maximum Gasteiger partial charge on any atom is 0.148 e. The quantitative estimate of drug-likeness (QED) is 0.200. The van der Waals surface area contributed by atoms with Gasteiger partial charge in [-0.3, -0.25) is 14.5 Å². The maximum absolute atomic E-state index is 4.50. The summed E-state index contributed by atoms with van der Waals surface area (Å²) in [6.45, 7) is 44.1. The Bertz CT molecular complexity index is 1730. The molecule has 1 spiro atoms. The SMILES string of the molecule is CC.CC.CC.CC.CC.C[N+]1(C)CCC(CN2CC3(CC(n4cccn4)C3)C2)CC1.C[N+]1(C)CCC(CN2CCN(c3cccs3)CC2)CC1.c1cnc(C2(N3CCN(CC4CNC4)CC3)CC2)nc1. The van der Waals surface area contributed by atoms with Crippen LogP contribution < -0.4 is 10.2 Å². The Morgan fingerprint density at radius 2 is 1.08 bits per heavy atom. The van der Waals surface area contributed by atoms with Gasteiger partial charge in [0.05, 0.1) is 71.0 Å². The fourth-order valence-corrected chi connectivity index (χ4v) is 12.6. The van der Waals surface area contributed by atoms with E-state index in [0.717, 1.165) is 23.6 Å². The Morgan fingerprint density at radius 1 is 0.592 bits per heavy atom. The van der Waals surface area contributed by atoms with Crippen LogP contribution in [0.3, 0.4) is 0 Å². The Labute approximate surface area is 441 Å². The fourth-order valence-electron chi connectivity index (χ4n) is 11.8. The molecule has 6 aliphatic heterocycles. The molecule has 12 nitrogen and oxygen atoms in total. The van der Waals surface area contributed by atoms with Gasteiger partial charge in [0.25, 0.3) is 0 Å². The molecule has 406 valence electrons. The lowest BCUT2D eigenvalue weighted by atomic mass is 9.60. The number of quaternary nitrogens is 2. The molecule has 2 saturated carbocycles. The van der Waals surface area contributed by atoms with E-state index in [1.807, 2.05) is 111 Å². The molecule has 13 heteroatoms. The second-order valence-electron chi connectivity index (χ2n) is 22.0. The van der Waals surface area contributed by atoms with Gasteiger partial charge < -0.3 is 29.0 Å². The predicted octanol–water partition coefficient (Wildman–Crippen LogP) is 9.80. The Balaban J connectivity index is 0.000000212. The van der Waals surface area contributed by atoms with E-state index in [0.29, 0.717) is 11.5 Å². The van der Waals surface area contributed by atoms with Crippen LogP contribution >= 0.6 is 11.3 Å². The van der Waals surface area contributed by atoms with Crippen LogP contribution in [0.15, 0.2) is 54.4 Å². The lowest BCUT2D eigenvalue weighted by Crippen LogP contribution is -2.63. The summed E-state index contributed by atoms with van der Waals surface area (Å²) < 4.78 is 4.61. The second kappa shape index (κ2) is 30.8. The normalized spacial score (nSPS) is 23.8. The third-order valence-corrected chi connectivity index (χ3v) is 17.1. The summed E-state index contributed by atoms with van der Waals surface area (Å²) in [5.74, 6) is 3.82. The first-order valence-corrected chi connectivity index (χ1v) is 30.2. The molecule has 3 aromatic rings. The molecule has 71 heavy (non-hydrogen) atoms. The summed E-state index contributed by atoms with van der Waals surface area (Å²) >= 11 is 1.87. The molecule has 0 amide bonds. The number of likely N-dealkylation sites (tertiary alicyclic amines) is 3. The molecule has 8 aliphatic rings. The highest BCUT2D eigenvalue weighted by atomic mass is 32.1. The highest BCUT2D eigenvalue weighted by molar-refractivity contribution is 7.14. The molecule has 0 unspecified atom stereocenters. The Morgan fingerprint density at radius 3 is 1.52 bits per heavy atom. The standard InChI is InChI=1S/C17H29N4.C16H28N3S.C15H23N5.5C2H6/c1-21(2)8-4-15(5-9-21)12-19-13-17(14-19)10-16(11-17)20-7-3-6-18-20;1-19(2)11-5-15(6-12-19)14-17-7-9-18(10-8-17)16-4-3-13-20-16;1-4-17-14(18-5-1)15(2-3-15)20-8-6-19(7-9-20)12-13-10-16-11-13;5*1-2/h3,6-7,15-16H,4-5,8-14H2,1-2H3;3-4,13,15H,5-12,14H2,1-2H3;1,4-5,13,16H,2-3,6-12H2;5*1-2H3/q2*+1;;;;;;. The number of thiophene rings is 1. The van der Waals surface area contributed by atoms with Crippen LogP contribution in [0.1, 0.15) is 132 Å². The smallest absolute Gasteiger partial charge is 0.148 e. The first-order chi connectivity index (χ1) is 34.5. The number of anilines is 1. The molecule has 6 saturated heterocycles. The lowest BCUT2D eigenvalue weighted by molar-refractivity contribution is -0.896. The van der Waals surface area contributed by atoms with Crippen LogP contribution in [0.2, 0.25) is 0 Å². The topological polar surface area (TPSA) is 71.8 Å². The summed E-state index contributed by atoms with van der Waals surface area (Å²) in [5, 5.41) is 11.4. The third-order valence-electron chi connectivity index (χ3n) is 16.2. The van der Waals surface area contributed by atoms with Crippen molar-refractivity contribution in [2.24, 2.45) is 23.2 Å². The van der Waals surface area contributed by atoms with E-state index in [9.17, 15) is 0 Å². The summed E-state index contributed by atoms with van der Waals surface area (Å²) in [5.41, 5.74) is 0.825. The van der Waals surface area contributed by atoms with Gasteiger partial charge in [0.2, 0.25) is 0 Å². The molecular weight excluding hydrogens is 897 g/mol. The number of rotatable bonds is 10. The second-order valence-corrected chi connectivity index (χ2v) is 23.0. The minimum absolute atomic E-state index is 0.172. The Hall–Kier alpha value is -2.49. The zero-order chi connectivity index (χ0) is 51.9. The average molecular weight is 1010 g/mol. The van der Waals surface area contributed by atoms with Crippen LogP contribution in [0.5, 0.6) is 0 Å². The van der Waals surface area contributed by atoms with Crippen LogP contribution in [0, 0.1) is 23.2 Å². The van der Waals surface area contributed by atoms with Gasteiger partial charge in [0, 0.05) is 149 Å². The minimum Gasteiger partial charge on any atom is -0.361 e. The van der Waals surface area contributed by atoms with Crippen molar-refractivity contribution in [2.45, 2.75) is 132 Å². The lowest BCUT2D eigenvalue weighted by Gasteiger charge is -2.59. The largest absolute Gasteiger partial charge is 0.361 e. The van der Waals surface area contributed by atoms with Gasteiger partial charge in [0.1, 0.15) is 5.82 Å². The molecule has 11 rings (SSSR count). The molecular formula is C58H110N12S+2. The van der Waals surface area contributed by atoms with Crippen molar-refractivity contribution in [1.29, 1.82) is 0 Å². The van der Waals surface area contributed by atoms with Crippen LogP contribution in [-0.2, 0) is 5.54 Å². The number of piperidine rings is 2. The zero-order valence-corrected chi connectivity index (χ0v) is 49.2. The monoisotopic (exact) mass is 1010 g/mol. The number of piperazine rings is 2. The first kappa shape index (κ1) is 61.1. The average Bonchev–Trinajstić information content (AvgIpc) is 3.68. The van der Waals surface area contributed by atoms with E-state index in [1.54, 1.807) is 0 Å². The van der Waals surface area contributed by atoms with Crippen LogP contribution in [-0.4, -0.2) is 201 Å². The molecule has 0 bridgehead atoms. The third kappa shape index (κ3) is 18.1. The van der Waals surface area contributed by atoms with E-state index in [4.69, 9.17) is 0 Å². The van der Waals surface area contributed by atoms with Gasteiger partial charge in [-0.1, -0.05) is 69.2 Å². The molecule has 2 aliphatic carbocycles. The van der Waals surface area contributed by atoms with Gasteiger partial charge in [-0.05, 0) is 78.5 Å². The first-order valence-electron chi connectivity index (χ1n) is 29.3. The van der Waals surface area contributed by atoms with Crippen molar-refractivity contribution < 1.29 is 8.97 Å². The summed E-state index contributed by atoms with van der Waals surface area (Å²) in [7, 11) is 9.49. The maximum atomic E-state index is 4.50. The number of hydrogen-bond donors (Lipinski definition) is 1. The molecule has 3 aromatic heterocycles. The van der Waals surface area contributed by atoms with Gasteiger partial charge in [-0.25, -0.2) is 9.97 Å². The van der Waals surface area contributed by atoms with Crippen molar-refractivity contribution in [3.05, 3.63) is 60.3 Å². The summed E-state index contributed by atoms with van der Waals surface area (Å²) in [6, 6.07) is 9.04. The molecule has 0 aromatic carbocycles. The van der Waals surface area contributed by atoms with Gasteiger partial charge in [-0.2, -0.15) is 5.10 Å². The number of hydrogen-bond acceptors (Lipinski definition) is 10. The van der Waals surface area contributed by atoms with Crippen molar-refractivity contribution in [3.63, 3.8) is 0 Å². The van der Waals surface area contributed by atoms with Gasteiger partial charge >= 0.3 is 0 Å². The summed E-state index contributed by atoms with van der Waals surface area (Å²) in [4.78, 5) is 22.2. The van der Waals surface area contributed by atoms with E-state index < -0.39 is 0 Å². The summed E-state index contributed by atoms with van der Waals surface area (Å²) in [6.07, 6.45) is 18.6. The van der Waals surface area contributed by atoms with Crippen molar-refractivity contribution in [2.75, 3.05) is 157 Å². The van der Waals surface area contributed by atoms with E-state index >= 15 is 0 Å². The molecule has 1 N–H and O–H groups in total. The molecule has 0 radical (unpaired) electrons.